The van der Waals surface area contributed by atoms with E-state index in [1.54, 1.807) is 0 Å². The first-order valence-corrected chi connectivity index (χ1v) is 3.81. The van der Waals surface area contributed by atoms with Gasteiger partial charge in [0.15, 0.2) is 5.69 Å². The van der Waals surface area contributed by atoms with E-state index in [-0.39, 0.29) is 5.69 Å². The minimum Gasteiger partial charge on any atom is -0.364 e. The van der Waals surface area contributed by atoms with Crippen LogP contribution in [-0.2, 0) is 0 Å². The molecule has 1 aromatic heterocycles. The van der Waals surface area contributed by atoms with Crippen molar-refractivity contribution in [1.29, 1.82) is 0 Å². The van der Waals surface area contributed by atoms with Crippen LogP contribution in [0.25, 0.3) is 0 Å². The van der Waals surface area contributed by atoms with E-state index in [1.165, 1.54) is 12.3 Å². The van der Waals surface area contributed by atoms with Crippen molar-refractivity contribution in [3.05, 3.63) is 18.0 Å². The van der Waals surface area contributed by atoms with Crippen LogP contribution in [0.2, 0.25) is 0 Å². The number of hydrogen-bond acceptors (Lipinski definition) is 4. The lowest BCUT2D eigenvalue weighted by Gasteiger charge is -2.13. The Morgan fingerprint density at radius 2 is 2.43 bits per heavy atom. The van der Waals surface area contributed by atoms with E-state index >= 15 is 0 Å². The van der Waals surface area contributed by atoms with E-state index in [4.69, 9.17) is 5.73 Å². The number of nitrogens with two attached hydrogens (primary N) is 1. The summed E-state index contributed by atoms with van der Waals surface area (Å²) in [6, 6.07) is 1.27. The number of carbonyl (C=O) groups excluding carboxylic acids is 1. The first-order valence-electron chi connectivity index (χ1n) is 3.81. The van der Waals surface area contributed by atoms with Gasteiger partial charge in [0.2, 0.25) is 0 Å². The van der Waals surface area contributed by atoms with Crippen molar-refractivity contribution in [3.8, 4) is 0 Å². The van der Waals surface area contributed by atoms with Gasteiger partial charge in [0, 0.05) is 6.07 Å². The van der Waals surface area contributed by atoms with Crippen molar-refractivity contribution in [1.82, 2.24) is 10.5 Å². The summed E-state index contributed by atoms with van der Waals surface area (Å²) in [4.78, 5) is 11.1. The Balaban J connectivity index is 2.43. The number of halogens is 2. The zero-order valence-corrected chi connectivity index (χ0v) is 7.17. The zero-order chi connectivity index (χ0) is 10.6. The number of rotatable bonds is 4. The lowest BCUT2D eigenvalue weighted by Crippen LogP contribution is -2.41. The molecule has 1 rings (SSSR count). The quantitative estimate of drug-likeness (QED) is 0.724. The molecule has 1 amide bonds. The molecule has 0 aliphatic rings. The third-order valence-corrected chi connectivity index (χ3v) is 1.48. The van der Waals surface area contributed by atoms with Crippen molar-refractivity contribution in [2.45, 2.75) is 5.92 Å². The molecule has 0 atom stereocenters. The van der Waals surface area contributed by atoms with Crippen LogP contribution in [0, 0.1) is 0 Å². The van der Waals surface area contributed by atoms with Crippen LogP contribution in [-0.4, -0.2) is 30.1 Å². The molecule has 0 aliphatic heterocycles. The fraction of sp³-hybridized carbons (Fsp3) is 0.429. The van der Waals surface area contributed by atoms with E-state index in [9.17, 15) is 13.6 Å². The molecule has 0 radical (unpaired) electrons. The Labute approximate surface area is 78.2 Å². The molecule has 0 spiro atoms. The van der Waals surface area contributed by atoms with Crippen LogP contribution in [0.4, 0.5) is 8.78 Å². The zero-order valence-electron chi connectivity index (χ0n) is 7.17. The maximum atomic E-state index is 12.6. The molecule has 1 aromatic rings. The van der Waals surface area contributed by atoms with Gasteiger partial charge in [0.05, 0.1) is 13.1 Å². The maximum Gasteiger partial charge on any atom is 0.277 e. The molecule has 0 aliphatic carbocycles. The number of amides is 1. The summed E-state index contributed by atoms with van der Waals surface area (Å²) in [6.45, 7) is -1.62. The van der Waals surface area contributed by atoms with Crippen molar-refractivity contribution in [3.63, 3.8) is 0 Å². The summed E-state index contributed by atoms with van der Waals surface area (Å²) >= 11 is 0. The van der Waals surface area contributed by atoms with E-state index < -0.39 is 24.9 Å². The molecule has 0 saturated heterocycles. The summed E-state index contributed by atoms with van der Waals surface area (Å²) in [5.74, 6) is -3.81. The molecule has 1 heterocycles. The SMILES string of the molecule is NCC(F)(F)CNC(=O)c1ccon1. The number of nitrogens with zero attached hydrogens (tertiary/aromatic N) is 1. The molecular formula is C7H9F2N3O2. The highest BCUT2D eigenvalue weighted by Gasteiger charge is 2.27. The molecule has 3 N–H and O–H groups in total. The first-order chi connectivity index (χ1) is 6.55. The summed E-state index contributed by atoms with van der Waals surface area (Å²) in [6.07, 6.45) is 1.18. The Bertz CT molecular complexity index is 300. The molecule has 5 nitrogen and oxygen atoms in total. The van der Waals surface area contributed by atoms with Gasteiger partial charge in [-0.1, -0.05) is 5.16 Å². The van der Waals surface area contributed by atoms with E-state index in [2.05, 4.69) is 9.68 Å². The fourth-order valence-electron chi connectivity index (χ4n) is 0.702. The molecule has 7 heteroatoms. The number of alkyl halides is 2. The molecule has 0 bridgehead atoms. The minimum atomic E-state index is -3.10. The molecule has 14 heavy (non-hydrogen) atoms. The molecule has 0 fully saturated rings. The predicted molar refractivity (Wildman–Crippen MR) is 42.8 cm³/mol. The van der Waals surface area contributed by atoms with Gasteiger partial charge >= 0.3 is 0 Å². The summed E-state index contributed by atoms with van der Waals surface area (Å²) < 4.78 is 29.5. The lowest BCUT2D eigenvalue weighted by molar-refractivity contribution is 0.0117. The third kappa shape index (κ3) is 2.77. The van der Waals surface area contributed by atoms with Gasteiger partial charge in [-0.05, 0) is 0 Å². The molecule has 0 unspecified atom stereocenters. The second kappa shape index (κ2) is 4.14. The van der Waals surface area contributed by atoms with Crippen molar-refractivity contribution >= 4 is 5.91 Å². The average Bonchev–Trinajstić information content (AvgIpc) is 2.67. The van der Waals surface area contributed by atoms with Crippen molar-refractivity contribution in [2.75, 3.05) is 13.1 Å². The average molecular weight is 205 g/mol. The Kier molecular flexibility index (Phi) is 3.13. The highest BCUT2D eigenvalue weighted by molar-refractivity contribution is 5.91. The van der Waals surface area contributed by atoms with E-state index in [0.29, 0.717) is 0 Å². The molecule has 0 saturated carbocycles. The smallest absolute Gasteiger partial charge is 0.277 e. The highest BCUT2D eigenvalue weighted by atomic mass is 19.3. The summed E-state index contributed by atoms with van der Waals surface area (Å²) in [7, 11) is 0. The monoisotopic (exact) mass is 205 g/mol. The van der Waals surface area contributed by atoms with Gasteiger partial charge in [0.25, 0.3) is 11.8 Å². The predicted octanol–water partition coefficient (Wildman–Crippen LogP) is -0.00160. The standard InChI is InChI=1S/C7H9F2N3O2/c8-7(9,3-10)4-11-6(13)5-1-2-14-12-5/h1-2H,3-4,10H2,(H,11,13). The van der Waals surface area contributed by atoms with Gasteiger partial charge in [-0.3, -0.25) is 4.79 Å². The Hall–Kier alpha value is -1.50. The second-order valence-electron chi connectivity index (χ2n) is 2.63. The topological polar surface area (TPSA) is 81.1 Å². The Morgan fingerprint density at radius 3 is 2.93 bits per heavy atom. The number of hydrogen-bond donors (Lipinski definition) is 2. The van der Waals surface area contributed by atoms with Crippen molar-refractivity contribution in [2.24, 2.45) is 5.73 Å². The largest absolute Gasteiger partial charge is 0.364 e. The number of aromatic nitrogens is 1. The normalized spacial score (nSPS) is 11.4. The molecular weight excluding hydrogens is 196 g/mol. The van der Waals surface area contributed by atoms with Gasteiger partial charge in [-0.25, -0.2) is 8.78 Å². The third-order valence-electron chi connectivity index (χ3n) is 1.48. The molecule has 78 valence electrons. The second-order valence-corrected chi connectivity index (χ2v) is 2.63. The number of nitrogens with one attached hydrogen (secondary N) is 1. The van der Waals surface area contributed by atoms with E-state index in [0.717, 1.165) is 0 Å². The first kappa shape index (κ1) is 10.6. The fourth-order valence-corrected chi connectivity index (χ4v) is 0.702. The van der Waals surface area contributed by atoms with Crippen LogP contribution in [0.3, 0.4) is 0 Å². The van der Waals surface area contributed by atoms with Crippen LogP contribution >= 0.6 is 0 Å². The highest BCUT2D eigenvalue weighted by Crippen LogP contribution is 2.08. The minimum absolute atomic E-state index is 0.0437. The lowest BCUT2D eigenvalue weighted by atomic mass is 10.3. The van der Waals surface area contributed by atoms with Crippen LogP contribution < -0.4 is 11.1 Å². The summed E-state index contributed by atoms with van der Waals surface area (Å²) in [5.41, 5.74) is 4.73. The number of carbonyl (C=O) groups is 1. The van der Waals surface area contributed by atoms with Gasteiger partial charge in [-0.2, -0.15) is 0 Å². The van der Waals surface area contributed by atoms with Crippen molar-refractivity contribution < 1.29 is 18.1 Å². The van der Waals surface area contributed by atoms with Gasteiger partial charge < -0.3 is 15.6 Å². The van der Waals surface area contributed by atoms with E-state index in [1.807, 2.05) is 5.32 Å². The van der Waals surface area contributed by atoms with Crippen LogP contribution in [0.15, 0.2) is 16.9 Å². The Morgan fingerprint density at radius 1 is 1.71 bits per heavy atom. The van der Waals surface area contributed by atoms with Crippen LogP contribution in [0.5, 0.6) is 0 Å². The summed E-state index contributed by atoms with van der Waals surface area (Å²) in [5, 5.41) is 5.26. The maximum absolute atomic E-state index is 12.6. The van der Waals surface area contributed by atoms with Gasteiger partial charge in [0.1, 0.15) is 6.26 Å². The molecule has 0 aromatic carbocycles. The van der Waals surface area contributed by atoms with Crippen LogP contribution in [0.1, 0.15) is 10.5 Å². The van der Waals surface area contributed by atoms with Gasteiger partial charge in [-0.15, -0.1) is 0 Å².